The molecule has 0 spiro atoms. The molecule has 17 heavy (non-hydrogen) atoms. The summed E-state index contributed by atoms with van der Waals surface area (Å²) in [5, 5.41) is 22.3. The lowest BCUT2D eigenvalue weighted by atomic mass is 10.1. The van der Waals surface area contributed by atoms with Crippen molar-refractivity contribution in [3.8, 4) is 11.5 Å². The van der Waals surface area contributed by atoms with Crippen molar-refractivity contribution < 1.29 is 14.9 Å². The first-order valence-electron chi connectivity index (χ1n) is 5.89. The SMILES string of the molecule is COCCCCNC(C)c1cc(O)ccc1O. The van der Waals surface area contributed by atoms with Crippen LogP contribution < -0.4 is 5.32 Å². The highest BCUT2D eigenvalue weighted by molar-refractivity contribution is 5.40. The fourth-order valence-electron chi connectivity index (χ4n) is 1.69. The third kappa shape index (κ3) is 4.63. The molecule has 1 atom stereocenters. The average Bonchev–Trinajstić information content (AvgIpc) is 2.32. The Labute approximate surface area is 102 Å². The van der Waals surface area contributed by atoms with Gasteiger partial charge in [-0.1, -0.05) is 0 Å². The fourth-order valence-corrected chi connectivity index (χ4v) is 1.69. The first-order chi connectivity index (χ1) is 8.15. The van der Waals surface area contributed by atoms with Crippen LogP contribution in [0.25, 0.3) is 0 Å². The van der Waals surface area contributed by atoms with Gasteiger partial charge in [0.25, 0.3) is 0 Å². The Hall–Kier alpha value is -1.26. The summed E-state index contributed by atoms with van der Waals surface area (Å²) in [6.07, 6.45) is 2.04. The van der Waals surface area contributed by atoms with Crippen molar-refractivity contribution in [1.82, 2.24) is 5.32 Å². The van der Waals surface area contributed by atoms with Gasteiger partial charge < -0.3 is 20.3 Å². The highest BCUT2D eigenvalue weighted by atomic mass is 16.5. The predicted octanol–water partition coefficient (Wildman–Crippen LogP) is 2.18. The molecule has 0 bridgehead atoms. The third-order valence-corrected chi connectivity index (χ3v) is 2.70. The molecule has 3 N–H and O–H groups in total. The molecule has 0 amide bonds. The molecule has 4 heteroatoms. The molecule has 0 saturated carbocycles. The Kier molecular flexibility index (Phi) is 5.80. The van der Waals surface area contributed by atoms with E-state index in [-0.39, 0.29) is 17.5 Å². The van der Waals surface area contributed by atoms with E-state index in [9.17, 15) is 10.2 Å². The quantitative estimate of drug-likeness (QED) is 0.504. The molecule has 1 aromatic rings. The van der Waals surface area contributed by atoms with Crippen LogP contribution in [0.4, 0.5) is 0 Å². The van der Waals surface area contributed by atoms with Crippen LogP contribution in [-0.4, -0.2) is 30.5 Å². The number of hydrogen-bond donors (Lipinski definition) is 3. The number of methoxy groups -OCH3 is 1. The lowest BCUT2D eigenvalue weighted by molar-refractivity contribution is 0.192. The molecule has 96 valence electrons. The van der Waals surface area contributed by atoms with Gasteiger partial charge in [-0.25, -0.2) is 0 Å². The van der Waals surface area contributed by atoms with Crippen molar-refractivity contribution in [3.05, 3.63) is 23.8 Å². The van der Waals surface area contributed by atoms with Crippen molar-refractivity contribution >= 4 is 0 Å². The summed E-state index contributed by atoms with van der Waals surface area (Å²) in [5.74, 6) is 0.380. The predicted molar refractivity (Wildman–Crippen MR) is 67.3 cm³/mol. The number of ether oxygens (including phenoxy) is 1. The van der Waals surface area contributed by atoms with Gasteiger partial charge in [0.15, 0.2) is 0 Å². The van der Waals surface area contributed by atoms with E-state index >= 15 is 0 Å². The average molecular weight is 239 g/mol. The van der Waals surface area contributed by atoms with Gasteiger partial charge in [0.1, 0.15) is 11.5 Å². The molecule has 0 radical (unpaired) electrons. The van der Waals surface area contributed by atoms with E-state index in [1.807, 2.05) is 6.92 Å². The van der Waals surface area contributed by atoms with Gasteiger partial charge in [0.2, 0.25) is 0 Å². The molecular weight excluding hydrogens is 218 g/mol. The van der Waals surface area contributed by atoms with Crippen LogP contribution in [0.15, 0.2) is 18.2 Å². The van der Waals surface area contributed by atoms with Crippen LogP contribution in [0.1, 0.15) is 31.4 Å². The first kappa shape index (κ1) is 13.8. The molecule has 0 heterocycles. The molecule has 0 aromatic heterocycles. The summed E-state index contributed by atoms with van der Waals surface area (Å²) >= 11 is 0. The zero-order valence-corrected chi connectivity index (χ0v) is 10.4. The second-order valence-electron chi connectivity index (χ2n) is 4.12. The van der Waals surface area contributed by atoms with Crippen LogP contribution in [0.3, 0.4) is 0 Å². The number of nitrogens with one attached hydrogen (secondary N) is 1. The number of unbranched alkanes of at least 4 members (excludes halogenated alkanes) is 1. The molecular formula is C13H21NO3. The first-order valence-corrected chi connectivity index (χ1v) is 5.89. The smallest absolute Gasteiger partial charge is 0.120 e. The van der Waals surface area contributed by atoms with E-state index in [0.717, 1.165) is 31.6 Å². The number of aromatic hydroxyl groups is 2. The van der Waals surface area contributed by atoms with Crippen LogP contribution >= 0.6 is 0 Å². The van der Waals surface area contributed by atoms with Gasteiger partial charge in [-0.15, -0.1) is 0 Å². The van der Waals surface area contributed by atoms with E-state index in [0.29, 0.717) is 0 Å². The molecule has 0 aliphatic carbocycles. The van der Waals surface area contributed by atoms with Crippen LogP contribution in [0, 0.1) is 0 Å². The minimum Gasteiger partial charge on any atom is -0.508 e. The summed E-state index contributed by atoms with van der Waals surface area (Å²) in [6.45, 7) is 3.60. The van der Waals surface area contributed by atoms with Gasteiger partial charge in [0, 0.05) is 25.3 Å². The van der Waals surface area contributed by atoms with Crippen molar-refractivity contribution in [3.63, 3.8) is 0 Å². The topological polar surface area (TPSA) is 61.7 Å². The molecule has 4 nitrogen and oxygen atoms in total. The van der Waals surface area contributed by atoms with E-state index in [2.05, 4.69) is 5.32 Å². The molecule has 0 fully saturated rings. The summed E-state index contributed by atoms with van der Waals surface area (Å²) in [4.78, 5) is 0. The minimum atomic E-state index is 0.0182. The zero-order chi connectivity index (χ0) is 12.7. The Bertz CT molecular complexity index is 341. The number of benzene rings is 1. The monoisotopic (exact) mass is 239 g/mol. The largest absolute Gasteiger partial charge is 0.508 e. The van der Waals surface area contributed by atoms with E-state index in [1.165, 1.54) is 12.1 Å². The number of hydrogen-bond acceptors (Lipinski definition) is 4. The maximum Gasteiger partial charge on any atom is 0.120 e. The Morgan fingerprint density at radius 2 is 2.06 bits per heavy atom. The van der Waals surface area contributed by atoms with Crippen LogP contribution in [0.2, 0.25) is 0 Å². The van der Waals surface area contributed by atoms with Crippen molar-refractivity contribution in [2.45, 2.75) is 25.8 Å². The third-order valence-electron chi connectivity index (χ3n) is 2.70. The maximum atomic E-state index is 9.68. The standard InChI is InChI=1S/C13H21NO3/c1-10(14-7-3-4-8-17-2)12-9-11(15)5-6-13(12)16/h5-6,9-10,14-16H,3-4,7-8H2,1-2H3. The lowest BCUT2D eigenvalue weighted by Crippen LogP contribution is -2.20. The number of phenols is 2. The maximum absolute atomic E-state index is 9.68. The van der Waals surface area contributed by atoms with Crippen molar-refractivity contribution in [1.29, 1.82) is 0 Å². The van der Waals surface area contributed by atoms with E-state index < -0.39 is 0 Å². The number of phenolic OH excluding ortho intramolecular Hbond substituents is 2. The van der Waals surface area contributed by atoms with Gasteiger partial charge in [-0.3, -0.25) is 0 Å². The Morgan fingerprint density at radius 1 is 1.29 bits per heavy atom. The highest BCUT2D eigenvalue weighted by Gasteiger charge is 2.10. The van der Waals surface area contributed by atoms with Gasteiger partial charge in [-0.05, 0) is 44.5 Å². The highest BCUT2D eigenvalue weighted by Crippen LogP contribution is 2.27. The minimum absolute atomic E-state index is 0.0182. The van der Waals surface area contributed by atoms with Gasteiger partial charge in [-0.2, -0.15) is 0 Å². The summed E-state index contributed by atoms with van der Waals surface area (Å²) < 4.78 is 4.97. The van der Waals surface area contributed by atoms with Crippen LogP contribution in [0.5, 0.6) is 11.5 Å². The molecule has 0 saturated heterocycles. The second-order valence-corrected chi connectivity index (χ2v) is 4.12. The Balaban J connectivity index is 2.41. The van der Waals surface area contributed by atoms with Crippen LogP contribution in [-0.2, 0) is 4.74 Å². The molecule has 0 aliphatic rings. The second kappa shape index (κ2) is 7.14. The van der Waals surface area contributed by atoms with E-state index in [1.54, 1.807) is 13.2 Å². The zero-order valence-electron chi connectivity index (χ0n) is 10.4. The van der Waals surface area contributed by atoms with Gasteiger partial charge in [0.05, 0.1) is 0 Å². The normalized spacial score (nSPS) is 12.6. The lowest BCUT2D eigenvalue weighted by Gasteiger charge is -2.15. The summed E-state index contributed by atoms with van der Waals surface area (Å²) in [6, 6.07) is 4.59. The van der Waals surface area contributed by atoms with Crippen molar-refractivity contribution in [2.24, 2.45) is 0 Å². The fraction of sp³-hybridized carbons (Fsp3) is 0.538. The van der Waals surface area contributed by atoms with Crippen molar-refractivity contribution in [2.75, 3.05) is 20.3 Å². The molecule has 1 rings (SSSR count). The molecule has 1 unspecified atom stereocenters. The molecule has 1 aromatic carbocycles. The molecule has 0 aliphatic heterocycles. The summed E-state index contributed by atoms with van der Waals surface area (Å²) in [5.41, 5.74) is 0.719. The Morgan fingerprint density at radius 3 is 2.76 bits per heavy atom. The summed E-state index contributed by atoms with van der Waals surface area (Å²) in [7, 11) is 1.70. The number of rotatable bonds is 7. The van der Waals surface area contributed by atoms with E-state index in [4.69, 9.17) is 4.74 Å². The van der Waals surface area contributed by atoms with Gasteiger partial charge >= 0.3 is 0 Å².